The van der Waals surface area contributed by atoms with E-state index >= 15 is 0 Å². The second kappa shape index (κ2) is 2.83. The highest BCUT2D eigenvalue weighted by Gasteiger charge is 2.09. The molecule has 1 aliphatic rings. The van der Waals surface area contributed by atoms with Crippen LogP contribution in [-0.4, -0.2) is 11.7 Å². The maximum Gasteiger partial charge on any atom is 0.0650 e. The average Bonchev–Trinajstić information content (AvgIpc) is 2.33. The van der Waals surface area contributed by atoms with E-state index in [4.69, 9.17) is 5.11 Å². The molecule has 0 saturated heterocycles. The summed E-state index contributed by atoms with van der Waals surface area (Å²) in [6.45, 7) is 2.34. The smallest absolute Gasteiger partial charge is 0.0650 e. The van der Waals surface area contributed by atoms with E-state index in [1.807, 2.05) is 12.2 Å². The van der Waals surface area contributed by atoms with Gasteiger partial charge in [0.15, 0.2) is 0 Å². The van der Waals surface area contributed by atoms with Crippen LogP contribution < -0.4 is 0 Å². The molecule has 1 N–H and O–H groups in total. The van der Waals surface area contributed by atoms with Crippen LogP contribution in [0.2, 0.25) is 0 Å². The number of aliphatic hydroxyl groups is 1. The number of hydrogen-bond acceptors (Lipinski definition) is 1. The monoisotopic (exact) mass is 124 g/mol. The van der Waals surface area contributed by atoms with Gasteiger partial charge in [0.1, 0.15) is 0 Å². The van der Waals surface area contributed by atoms with Crippen LogP contribution in [0.25, 0.3) is 0 Å². The second-order valence-electron chi connectivity index (χ2n) is 2.30. The molecule has 0 aromatic rings. The second-order valence-corrected chi connectivity index (χ2v) is 2.30. The normalized spacial score (nSPS) is 24.7. The van der Waals surface area contributed by atoms with Crippen molar-refractivity contribution in [1.29, 1.82) is 0 Å². The van der Waals surface area contributed by atoms with Gasteiger partial charge in [-0.15, -0.1) is 0 Å². The first-order chi connectivity index (χ1) is 4.38. The third-order valence-electron chi connectivity index (χ3n) is 1.75. The van der Waals surface area contributed by atoms with E-state index in [9.17, 15) is 0 Å². The van der Waals surface area contributed by atoms with Gasteiger partial charge in [0.2, 0.25) is 0 Å². The molecule has 1 unspecified atom stereocenters. The van der Waals surface area contributed by atoms with Crippen LogP contribution >= 0.6 is 0 Å². The molecule has 0 heterocycles. The number of allylic oxidation sites excluding steroid dienone is 3. The molecular formula is C8H12O. The summed E-state index contributed by atoms with van der Waals surface area (Å²) in [7, 11) is 0. The van der Waals surface area contributed by atoms with Gasteiger partial charge in [-0.25, -0.2) is 0 Å². The summed E-state index contributed by atoms with van der Waals surface area (Å²) in [5, 5.41) is 8.76. The summed E-state index contributed by atoms with van der Waals surface area (Å²) in [6, 6.07) is 0. The summed E-state index contributed by atoms with van der Waals surface area (Å²) in [5.74, 6) is 0.509. The van der Waals surface area contributed by atoms with Crippen LogP contribution in [-0.2, 0) is 0 Å². The predicted octanol–water partition coefficient (Wildman–Crippen LogP) is 1.50. The molecule has 0 spiro atoms. The zero-order valence-corrected chi connectivity index (χ0v) is 5.67. The van der Waals surface area contributed by atoms with Crippen LogP contribution in [0.4, 0.5) is 0 Å². The van der Waals surface area contributed by atoms with Crippen molar-refractivity contribution in [3.63, 3.8) is 0 Å². The Morgan fingerprint density at radius 1 is 1.67 bits per heavy atom. The van der Waals surface area contributed by atoms with Gasteiger partial charge in [-0.2, -0.15) is 0 Å². The fourth-order valence-corrected chi connectivity index (χ4v) is 1.13. The Bertz CT molecular complexity index is 145. The minimum Gasteiger partial charge on any atom is -0.392 e. The predicted molar refractivity (Wildman–Crippen MR) is 38.1 cm³/mol. The Hall–Kier alpha value is -0.560. The van der Waals surface area contributed by atoms with Gasteiger partial charge in [-0.3, -0.25) is 0 Å². The summed E-state index contributed by atoms with van der Waals surface area (Å²) in [5.41, 5.74) is 1.15. The van der Waals surface area contributed by atoms with Gasteiger partial charge in [0, 0.05) is 5.92 Å². The van der Waals surface area contributed by atoms with E-state index in [0.29, 0.717) is 5.92 Å². The Balaban J connectivity index is 2.55. The highest BCUT2D eigenvalue weighted by atomic mass is 16.3. The van der Waals surface area contributed by atoms with Crippen molar-refractivity contribution in [2.24, 2.45) is 5.92 Å². The van der Waals surface area contributed by atoms with Crippen molar-refractivity contribution >= 4 is 0 Å². The SMILES string of the molecule is CCC1C=CC=C1CO. The van der Waals surface area contributed by atoms with E-state index in [-0.39, 0.29) is 6.61 Å². The van der Waals surface area contributed by atoms with Gasteiger partial charge < -0.3 is 5.11 Å². The summed E-state index contributed by atoms with van der Waals surface area (Å²) < 4.78 is 0. The maximum atomic E-state index is 8.76. The first kappa shape index (κ1) is 6.56. The number of hydrogen-bond donors (Lipinski definition) is 1. The molecule has 1 atom stereocenters. The minimum atomic E-state index is 0.214. The molecule has 9 heavy (non-hydrogen) atoms. The molecule has 0 saturated carbocycles. The lowest BCUT2D eigenvalue weighted by Crippen LogP contribution is -1.99. The molecule has 50 valence electrons. The van der Waals surface area contributed by atoms with Crippen molar-refractivity contribution in [3.05, 3.63) is 23.8 Å². The molecule has 0 aromatic carbocycles. The van der Waals surface area contributed by atoms with Gasteiger partial charge in [-0.1, -0.05) is 25.2 Å². The summed E-state index contributed by atoms with van der Waals surface area (Å²) >= 11 is 0. The van der Waals surface area contributed by atoms with E-state index in [1.54, 1.807) is 0 Å². The van der Waals surface area contributed by atoms with E-state index in [2.05, 4.69) is 13.0 Å². The first-order valence-electron chi connectivity index (χ1n) is 3.36. The topological polar surface area (TPSA) is 20.2 Å². The zero-order valence-electron chi connectivity index (χ0n) is 5.67. The summed E-state index contributed by atoms with van der Waals surface area (Å²) in [4.78, 5) is 0. The van der Waals surface area contributed by atoms with Crippen molar-refractivity contribution in [3.8, 4) is 0 Å². The lowest BCUT2D eigenvalue weighted by atomic mass is 10.0. The molecule has 0 radical (unpaired) electrons. The van der Waals surface area contributed by atoms with E-state index in [0.717, 1.165) is 12.0 Å². The minimum absolute atomic E-state index is 0.214. The standard InChI is InChI=1S/C8H12O/c1-2-7-4-3-5-8(7)6-9/h3-5,7,9H,2,6H2,1H3. The number of rotatable bonds is 2. The van der Waals surface area contributed by atoms with Crippen LogP contribution in [0.3, 0.4) is 0 Å². The first-order valence-corrected chi connectivity index (χ1v) is 3.36. The van der Waals surface area contributed by atoms with Gasteiger partial charge in [-0.05, 0) is 12.0 Å². The largest absolute Gasteiger partial charge is 0.392 e. The Labute approximate surface area is 55.7 Å². The van der Waals surface area contributed by atoms with Crippen molar-refractivity contribution in [1.82, 2.24) is 0 Å². The fourth-order valence-electron chi connectivity index (χ4n) is 1.13. The quantitative estimate of drug-likeness (QED) is 0.591. The van der Waals surface area contributed by atoms with Crippen molar-refractivity contribution in [2.45, 2.75) is 13.3 Å². The number of aliphatic hydroxyl groups excluding tert-OH is 1. The zero-order chi connectivity index (χ0) is 6.69. The van der Waals surface area contributed by atoms with Crippen LogP contribution in [0.5, 0.6) is 0 Å². The van der Waals surface area contributed by atoms with Crippen molar-refractivity contribution < 1.29 is 5.11 Å². The molecule has 0 amide bonds. The third-order valence-corrected chi connectivity index (χ3v) is 1.75. The van der Waals surface area contributed by atoms with Crippen LogP contribution in [0.15, 0.2) is 23.8 Å². The molecule has 1 aliphatic carbocycles. The van der Waals surface area contributed by atoms with E-state index in [1.165, 1.54) is 0 Å². The lowest BCUT2D eigenvalue weighted by Gasteiger charge is -2.06. The molecule has 1 nitrogen and oxygen atoms in total. The Kier molecular flexibility index (Phi) is 2.06. The highest BCUT2D eigenvalue weighted by molar-refractivity contribution is 5.27. The van der Waals surface area contributed by atoms with E-state index < -0.39 is 0 Å². The van der Waals surface area contributed by atoms with Crippen LogP contribution in [0, 0.1) is 5.92 Å². The third kappa shape index (κ3) is 1.22. The molecule has 0 aromatic heterocycles. The maximum absolute atomic E-state index is 8.76. The lowest BCUT2D eigenvalue weighted by molar-refractivity contribution is 0.320. The van der Waals surface area contributed by atoms with Crippen LogP contribution in [0.1, 0.15) is 13.3 Å². The summed E-state index contributed by atoms with van der Waals surface area (Å²) in [6.07, 6.45) is 7.24. The van der Waals surface area contributed by atoms with Crippen molar-refractivity contribution in [2.75, 3.05) is 6.61 Å². The fraction of sp³-hybridized carbons (Fsp3) is 0.500. The molecule has 0 bridgehead atoms. The molecule has 1 rings (SSSR count). The molecule has 1 heteroatoms. The van der Waals surface area contributed by atoms with Gasteiger partial charge >= 0.3 is 0 Å². The molecular weight excluding hydrogens is 112 g/mol. The van der Waals surface area contributed by atoms with Gasteiger partial charge in [0.05, 0.1) is 6.61 Å². The highest BCUT2D eigenvalue weighted by Crippen LogP contribution is 2.20. The molecule has 0 aliphatic heterocycles. The molecule has 0 fully saturated rings. The Morgan fingerprint density at radius 3 is 2.89 bits per heavy atom. The average molecular weight is 124 g/mol. The Morgan fingerprint density at radius 2 is 2.44 bits per heavy atom. The van der Waals surface area contributed by atoms with Gasteiger partial charge in [0.25, 0.3) is 0 Å².